The van der Waals surface area contributed by atoms with Crippen molar-refractivity contribution < 1.29 is 50.0 Å². The summed E-state index contributed by atoms with van der Waals surface area (Å²) in [6.07, 6.45) is -8.05. The molecule has 12 heteroatoms. The Morgan fingerprint density at radius 3 is 1.38 bits per heavy atom. The molecule has 0 amide bonds. The molecule has 0 rings (SSSR count). The number of phosphoric acid groups is 1. The summed E-state index contributed by atoms with van der Waals surface area (Å²) in [7, 11) is -4.64. The lowest BCUT2D eigenvalue weighted by Gasteiger charge is -2.29. The fourth-order valence-electron chi connectivity index (χ4n) is 0.840. The molecule has 3 N–H and O–H groups in total. The summed E-state index contributed by atoms with van der Waals surface area (Å²) in [5.74, 6) is -11.1. The van der Waals surface area contributed by atoms with Gasteiger partial charge >= 0.3 is 26.1 Å². The molecule has 1 atom stereocenters. The zero-order valence-corrected chi connectivity index (χ0v) is 11.9. The van der Waals surface area contributed by atoms with Crippen molar-refractivity contribution >= 4 is 7.82 Å². The zero-order valence-electron chi connectivity index (χ0n) is 11.0. The molecule has 0 aromatic rings. The molecule has 0 aliphatic carbocycles. The molecule has 0 fully saturated rings. The average Bonchev–Trinajstić information content (AvgIpc) is 2.23. The van der Waals surface area contributed by atoms with Crippen LogP contribution in [0.5, 0.6) is 0 Å². The molecule has 0 saturated heterocycles. The monoisotopic (exact) mass is 350 g/mol. The molecule has 4 nitrogen and oxygen atoms in total. The number of hydrogen-bond acceptors (Lipinski definition) is 1. The molecule has 0 bridgehead atoms. The summed E-state index contributed by atoms with van der Waals surface area (Å²) in [5.41, 5.74) is -0.637. The third kappa shape index (κ3) is 7.25. The van der Waals surface area contributed by atoms with Gasteiger partial charge in [0.05, 0.1) is 0 Å². The van der Waals surface area contributed by atoms with Crippen molar-refractivity contribution in [2.45, 2.75) is 45.2 Å². The van der Waals surface area contributed by atoms with E-state index in [-0.39, 0.29) is 5.57 Å². The lowest BCUT2D eigenvalue weighted by atomic mass is 9.98. The van der Waals surface area contributed by atoms with Crippen LogP contribution in [0.2, 0.25) is 0 Å². The maximum absolute atomic E-state index is 13.1. The summed E-state index contributed by atoms with van der Waals surface area (Å²) in [6, 6.07) is 0. The highest BCUT2D eigenvalue weighted by Crippen LogP contribution is 2.44. The summed E-state index contributed by atoms with van der Waals surface area (Å²) in [5, 5.41) is 0. The highest BCUT2D eigenvalue weighted by molar-refractivity contribution is 7.45. The van der Waals surface area contributed by atoms with Crippen LogP contribution in [0.3, 0.4) is 0 Å². The minimum absolute atomic E-state index is 0.0391. The molecule has 0 aromatic carbocycles. The van der Waals surface area contributed by atoms with Gasteiger partial charge in [-0.15, -0.1) is 0 Å². The second-order valence-corrected chi connectivity index (χ2v) is 5.13. The van der Waals surface area contributed by atoms with E-state index in [1.54, 1.807) is 0 Å². The Bertz CT molecular complexity index is 406. The second kappa shape index (κ2) is 7.57. The number of hydrogen-bond donors (Lipinski definition) is 3. The van der Waals surface area contributed by atoms with E-state index in [1.807, 2.05) is 0 Å². The molecule has 21 heavy (non-hydrogen) atoms. The quantitative estimate of drug-likeness (QED) is 0.413. The molecule has 0 spiro atoms. The first-order valence-corrected chi connectivity index (χ1v) is 6.62. The second-order valence-electron chi connectivity index (χ2n) is 4.11. The molecular weight excluding hydrogens is 336 g/mol. The Morgan fingerprint density at radius 1 is 0.905 bits per heavy atom. The van der Waals surface area contributed by atoms with E-state index in [0.29, 0.717) is 0 Å². The number of halogens is 7. The van der Waals surface area contributed by atoms with Crippen molar-refractivity contribution in [3.05, 3.63) is 11.1 Å². The predicted molar refractivity (Wildman–Crippen MR) is 59.1 cm³/mol. The highest BCUT2D eigenvalue weighted by atomic mass is 31.2. The SMILES string of the molecule is CC(C)=C(C)C(F)C(F)(F)C(F)(F)C(F)F.O=P(O)(O)O. The van der Waals surface area contributed by atoms with Gasteiger partial charge < -0.3 is 14.7 Å². The van der Waals surface area contributed by atoms with Gasteiger partial charge in [0.25, 0.3) is 0 Å². The standard InChI is InChI=1S/C9H11F7.H3O4P/c1-4(2)5(3)6(10)8(13,14)9(15,16)7(11)12;1-5(2,3)4/h6-7H,1-3H3;(H3,1,2,3,4). The van der Waals surface area contributed by atoms with Crippen molar-refractivity contribution in [3.8, 4) is 0 Å². The van der Waals surface area contributed by atoms with Crippen LogP contribution in [0.1, 0.15) is 20.8 Å². The molecule has 128 valence electrons. The van der Waals surface area contributed by atoms with Gasteiger partial charge in [-0.2, -0.15) is 17.6 Å². The van der Waals surface area contributed by atoms with Crippen molar-refractivity contribution in [2.75, 3.05) is 0 Å². The molecule has 0 radical (unpaired) electrons. The number of alkyl halides is 7. The number of rotatable bonds is 4. The Balaban J connectivity index is 0. The van der Waals surface area contributed by atoms with Crippen LogP contribution in [0.25, 0.3) is 0 Å². The van der Waals surface area contributed by atoms with Crippen LogP contribution >= 0.6 is 7.82 Å². The van der Waals surface area contributed by atoms with Crippen LogP contribution < -0.4 is 0 Å². The van der Waals surface area contributed by atoms with Gasteiger partial charge in [0.15, 0.2) is 6.17 Å². The van der Waals surface area contributed by atoms with Crippen LogP contribution in [0, 0.1) is 0 Å². The topological polar surface area (TPSA) is 77.8 Å². The van der Waals surface area contributed by atoms with Crippen molar-refractivity contribution in [3.63, 3.8) is 0 Å². The molecular formula is C9H14F7O4P. The van der Waals surface area contributed by atoms with Crippen LogP contribution in [-0.2, 0) is 4.57 Å². The van der Waals surface area contributed by atoms with Gasteiger partial charge in [-0.05, 0) is 26.3 Å². The smallest absolute Gasteiger partial charge is 0.303 e. The summed E-state index contributed by atoms with van der Waals surface area (Å²) in [6.45, 7) is 3.30. The first-order valence-electron chi connectivity index (χ1n) is 5.06. The maximum Gasteiger partial charge on any atom is 0.466 e. The van der Waals surface area contributed by atoms with E-state index in [1.165, 1.54) is 13.8 Å². The predicted octanol–water partition coefficient (Wildman–Crippen LogP) is 3.29. The van der Waals surface area contributed by atoms with E-state index in [9.17, 15) is 30.7 Å². The third-order valence-corrected chi connectivity index (χ3v) is 2.21. The van der Waals surface area contributed by atoms with Gasteiger partial charge in [-0.3, -0.25) is 0 Å². The first kappa shape index (κ1) is 22.6. The van der Waals surface area contributed by atoms with Crippen LogP contribution in [-0.4, -0.2) is 39.1 Å². The molecule has 1 unspecified atom stereocenters. The van der Waals surface area contributed by atoms with E-state index < -0.39 is 37.8 Å². The first-order chi connectivity index (χ1) is 8.96. The highest BCUT2D eigenvalue weighted by Gasteiger charge is 2.67. The molecule has 0 heterocycles. The van der Waals surface area contributed by atoms with Crippen molar-refractivity contribution in [2.24, 2.45) is 0 Å². The summed E-state index contributed by atoms with van der Waals surface area (Å²) in [4.78, 5) is 21.6. The fourth-order valence-corrected chi connectivity index (χ4v) is 0.840. The molecule has 0 aromatic heterocycles. The van der Waals surface area contributed by atoms with E-state index in [2.05, 4.69) is 0 Å². The molecule has 0 aliphatic heterocycles. The minimum atomic E-state index is -5.69. The molecule has 0 saturated carbocycles. The van der Waals surface area contributed by atoms with E-state index in [4.69, 9.17) is 19.2 Å². The Morgan fingerprint density at radius 2 is 1.19 bits per heavy atom. The average molecular weight is 350 g/mol. The maximum atomic E-state index is 13.1. The Kier molecular flexibility index (Phi) is 8.16. The van der Waals surface area contributed by atoms with Gasteiger partial charge in [0, 0.05) is 0 Å². The van der Waals surface area contributed by atoms with E-state index >= 15 is 0 Å². The van der Waals surface area contributed by atoms with Crippen molar-refractivity contribution in [1.29, 1.82) is 0 Å². The molecule has 0 aliphatic rings. The van der Waals surface area contributed by atoms with Crippen molar-refractivity contribution in [1.82, 2.24) is 0 Å². The zero-order chi connectivity index (χ0) is 17.8. The van der Waals surface area contributed by atoms with E-state index in [0.717, 1.165) is 6.92 Å². The minimum Gasteiger partial charge on any atom is -0.303 e. The largest absolute Gasteiger partial charge is 0.466 e. The lowest BCUT2D eigenvalue weighted by molar-refractivity contribution is -0.280. The van der Waals surface area contributed by atoms with Gasteiger partial charge in [-0.25, -0.2) is 17.7 Å². The van der Waals surface area contributed by atoms with Crippen LogP contribution in [0.15, 0.2) is 11.1 Å². The lowest BCUT2D eigenvalue weighted by Crippen LogP contribution is -2.52. The Labute approximate surface area is 115 Å². The van der Waals surface area contributed by atoms with Crippen LogP contribution in [0.4, 0.5) is 30.7 Å². The van der Waals surface area contributed by atoms with Gasteiger partial charge in [0.2, 0.25) is 0 Å². The Hall–Kier alpha value is -0.640. The normalized spacial score (nSPS) is 14.4. The summed E-state index contributed by atoms with van der Waals surface area (Å²) >= 11 is 0. The summed E-state index contributed by atoms with van der Waals surface area (Å²) < 4.78 is 95.9. The third-order valence-electron chi connectivity index (χ3n) is 2.21. The van der Waals surface area contributed by atoms with Gasteiger partial charge in [0.1, 0.15) is 0 Å². The van der Waals surface area contributed by atoms with Gasteiger partial charge in [-0.1, -0.05) is 5.57 Å². The fraction of sp³-hybridized carbons (Fsp3) is 0.778. The number of allylic oxidation sites excluding steroid dienone is 2.